The highest BCUT2D eigenvalue weighted by molar-refractivity contribution is 6.31. The van der Waals surface area contributed by atoms with E-state index in [9.17, 15) is 33.9 Å². The van der Waals surface area contributed by atoms with Crippen molar-refractivity contribution in [1.82, 2.24) is 20.9 Å². The van der Waals surface area contributed by atoms with Crippen molar-refractivity contribution in [2.75, 3.05) is 25.5 Å². The maximum Gasteiger partial charge on any atom is 0.342 e. The number of carbonyl (C=O) groups is 8. The number of nitrogens with one attached hydrogen (secondary N) is 5. The quantitative estimate of drug-likeness (QED) is 0.0149. The van der Waals surface area contributed by atoms with Gasteiger partial charge in [-0.25, -0.2) is 19.4 Å². The Balaban J connectivity index is 1.36. The van der Waals surface area contributed by atoms with Crippen LogP contribution in [-0.2, 0) is 38.3 Å². The van der Waals surface area contributed by atoms with Crippen molar-refractivity contribution < 1.29 is 67.4 Å². The van der Waals surface area contributed by atoms with Gasteiger partial charge in [-0.05, 0) is 90.5 Å². The second kappa shape index (κ2) is 27.2. The van der Waals surface area contributed by atoms with Crippen LogP contribution in [0.5, 0.6) is 11.5 Å². The van der Waals surface area contributed by atoms with Gasteiger partial charge in [0.15, 0.2) is 5.75 Å². The number of aromatic carboxylic acids is 1. The molecule has 4 amide bonds. The molecule has 3 aliphatic rings. The second-order valence-corrected chi connectivity index (χ2v) is 22.0. The molecule has 2 aliphatic carbocycles. The van der Waals surface area contributed by atoms with Gasteiger partial charge in [0.2, 0.25) is 23.5 Å². The number of carbonyl (C=O) groups excluding carboxylic acids is 7. The predicted molar refractivity (Wildman–Crippen MR) is 306 cm³/mol. The Labute approximate surface area is 476 Å². The summed E-state index contributed by atoms with van der Waals surface area (Å²) in [5.74, 6) is -7.51. The van der Waals surface area contributed by atoms with Gasteiger partial charge in [0.25, 0.3) is 12.4 Å². The van der Waals surface area contributed by atoms with Gasteiger partial charge in [0.05, 0.1) is 41.5 Å². The zero-order chi connectivity index (χ0) is 59.5. The number of aliphatic imine (C=N–C) groups is 1. The molecule has 2 saturated carbocycles. The monoisotopic (exact) mass is 1120 g/mol. The SMILES string of the molecule is C=CC(=O)NCC(C)C(=O)Nc1[nH]c(C=C2N=C(NC(=O)C(C)CNC(=O)c3cc(OC=O)c(OOC)cc3C(=O)O)C(C(=O)OC3C(C)CC(C)CC3C)=C2c2ccccc2)c(-c2ccccc2)c1C(=O)OC1C(C)CC(C)CC1C. The number of rotatable bonds is 21. The normalized spacial score (nSPS) is 22.6. The Morgan fingerprint density at radius 3 is 1.78 bits per heavy atom. The molecule has 3 aromatic carbocycles. The lowest BCUT2D eigenvalue weighted by Crippen LogP contribution is -2.42. The van der Waals surface area contributed by atoms with Gasteiger partial charge >= 0.3 is 17.9 Å². The average Bonchev–Trinajstić information content (AvgIpc) is 4.19. The number of carboxylic acid groups (broad SMARTS) is 1. The van der Waals surface area contributed by atoms with Gasteiger partial charge in [-0.3, -0.25) is 24.0 Å². The van der Waals surface area contributed by atoms with E-state index in [1.165, 1.54) is 6.92 Å². The molecule has 4 aromatic rings. The minimum absolute atomic E-state index is 0.0000470. The van der Waals surface area contributed by atoms with Crippen molar-refractivity contribution in [3.63, 3.8) is 0 Å². The number of hydrogen-bond acceptors (Lipinski definition) is 14. The number of anilines is 1. The van der Waals surface area contributed by atoms with Crippen molar-refractivity contribution in [3.05, 3.63) is 125 Å². The lowest BCUT2D eigenvalue weighted by molar-refractivity contribution is -0.179. The minimum atomic E-state index is -1.52. The van der Waals surface area contributed by atoms with Crippen molar-refractivity contribution in [2.45, 2.75) is 93.3 Å². The third-order valence-electron chi connectivity index (χ3n) is 15.3. The van der Waals surface area contributed by atoms with Crippen LogP contribution in [0.15, 0.2) is 102 Å². The van der Waals surface area contributed by atoms with Crippen molar-refractivity contribution in [2.24, 2.45) is 52.3 Å². The van der Waals surface area contributed by atoms with Crippen LogP contribution in [0.3, 0.4) is 0 Å². The number of H-pyrrole nitrogens is 1. The van der Waals surface area contributed by atoms with E-state index in [4.69, 9.17) is 24.1 Å². The molecule has 6 N–H and O–H groups in total. The van der Waals surface area contributed by atoms with Crippen LogP contribution in [0.1, 0.15) is 123 Å². The predicted octanol–water partition coefficient (Wildman–Crippen LogP) is 8.96. The molecule has 1 aliphatic heterocycles. The fourth-order valence-electron chi connectivity index (χ4n) is 11.5. The van der Waals surface area contributed by atoms with Gasteiger partial charge in [-0.1, -0.05) is 123 Å². The molecule has 0 bridgehead atoms. The number of aromatic nitrogens is 1. The van der Waals surface area contributed by atoms with Crippen LogP contribution in [0.25, 0.3) is 22.8 Å². The maximum absolute atomic E-state index is 15.2. The lowest BCUT2D eigenvalue weighted by atomic mass is 9.75. The topological polar surface area (TPSA) is 279 Å². The van der Waals surface area contributed by atoms with E-state index in [0.29, 0.717) is 28.5 Å². The number of amidine groups is 1. The number of nitrogens with zero attached hydrogens (tertiary/aromatic N) is 1. The first-order chi connectivity index (χ1) is 39.1. The number of amides is 4. The Kier molecular flexibility index (Phi) is 20.2. The van der Waals surface area contributed by atoms with Crippen LogP contribution in [-0.4, -0.2) is 96.3 Å². The number of carboxylic acids is 1. The molecule has 0 spiro atoms. The van der Waals surface area contributed by atoms with Crippen molar-refractivity contribution in [3.8, 4) is 22.6 Å². The minimum Gasteiger partial charge on any atom is -0.478 e. The molecule has 0 saturated heterocycles. The molecule has 7 rings (SSSR count). The number of benzene rings is 3. The van der Waals surface area contributed by atoms with Gasteiger partial charge in [-0.2, -0.15) is 4.89 Å². The van der Waals surface area contributed by atoms with Crippen LogP contribution in [0, 0.1) is 47.3 Å². The number of aromatic amines is 1. The molecule has 6 unspecified atom stereocenters. The van der Waals surface area contributed by atoms with E-state index in [0.717, 1.165) is 51.0 Å². The summed E-state index contributed by atoms with van der Waals surface area (Å²) in [4.78, 5) is 126. The summed E-state index contributed by atoms with van der Waals surface area (Å²) < 4.78 is 17.9. The highest BCUT2D eigenvalue weighted by Gasteiger charge is 2.41. The summed E-state index contributed by atoms with van der Waals surface area (Å²) in [7, 11) is 1.14. The summed E-state index contributed by atoms with van der Waals surface area (Å²) in [6.07, 6.45) is 5.05. The van der Waals surface area contributed by atoms with Crippen LogP contribution >= 0.6 is 0 Å². The van der Waals surface area contributed by atoms with Crippen molar-refractivity contribution >= 4 is 71.3 Å². The lowest BCUT2D eigenvalue weighted by Gasteiger charge is -2.37. The fourth-order valence-corrected chi connectivity index (χ4v) is 11.5. The molecule has 20 nitrogen and oxygen atoms in total. The first kappa shape index (κ1) is 61.0. The Bertz CT molecular complexity index is 3160. The molecule has 0 radical (unpaired) electrons. The van der Waals surface area contributed by atoms with E-state index in [1.54, 1.807) is 67.6 Å². The molecule has 1 aromatic heterocycles. The third kappa shape index (κ3) is 14.3. The molecular formula is C62H72N6O14. The van der Waals surface area contributed by atoms with E-state index in [-0.39, 0.29) is 94.5 Å². The number of allylic oxidation sites excluding steroid dienone is 1. The second-order valence-electron chi connectivity index (χ2n) is 22.0. The standard InChI is InChI=1S/C62H72N6O14/c1-11-48(70)63-29-38(8)57(71)67-55-51(61(76)80-53-34(4)22-32(2)23-35(53)5)49(40-18-14-12-15-19-40)44(65-55)28-45-50(41-20-16-13-17-21-41)52(62(77)81-54-36(6)24-33(3)25-37(54)7)56(66-45)68-58(72)39(9)30-64-59(73)42-26-46(79-31-69)47(82-78-10)27-43(42)60(74)75/h11-21,26-28,31-39,53-54,65H,1,22-25,29-30H2,2-10H3,(H,63,70)(H,64,73)(H,67,71)(H,74,75)(H,66,68,72). The molecule has 2 heterocycles. The molecule has 6 atom stereocenters. The third-order valence-corrected chi connectivity index (χ3v) is 15.3. The summed E-state index contributed by atoms with van der Waals surface area (Å²) in [5, 5.41) is 21.0. The Morgan fingerprint density at radius 1 is 0.720 bits per heavy atom. The van der Waals surface area contributed by atoms with Crippen LogP contribution < -0.4 is 30.9 Å². The molecule has 434 valence electrons. The zero-order valence-corrected chi connectivity index (χ0v) is 47.6. The van der Waals surface area contributed by atoms with Gasteiger partial charge in [0.1, 0.15) is 35.0 Å². The van der Waals surface area contributed by atoms with E-state index in [2.05, 4.69) is 65.4 Å². The molecule has 2 fully saturated rings. The summed E-state index contributed by atoms with van der Waals surface area (Å²) in [6, 6.07) is 19.8. The first-order valence-corrected chi connectivity index (χ1v) is 27.5. The maximum atomic E-state index is 15.2. The zero-order valence-electron chi connectivity index (χ0n) is 47.6. The summed E-state index contributed by atoms with van der Waals surface area (Å²) in [5.41, 5.74) is 1.03. The Morgan fingerprint density at radius 2 is 1.24 bits per heavy atom. The van der Waals surface area contributed by atoms with Gasteiger partial charge < -0.3 is 50.5 Å². The van der Waals surface area contributed by atoms with E-state index >= 15 is 9.59 Å². The number of ether oxygens (including phenoxy) is 3. The van der Waals surface area contributed by atoms with Crippen LogP contribution in [0.2, 0.25) is 0 Å². The highest BCUT2D eigenvalue weighted by atomic mass is 17.2. The van der Waals surface area contributed by atoms with Crippen LogP contribution in [0.4, 0.5) is 5.82 Å². The summed E-state index contributed by atoms with van der Waals surface area (Å²) >= 11 is 0. The largest absolute Gasteiger partial charge is 0.478 e. The first-order valence-electron chi connectivity index (χ1n) is 27.5. The number of hydrogen-bond donors (Lipinski definition) is 6. The van der Waals surface area contributed by atoms with Crippen molar-refractivity contribution in [1.29, 1.82) is 0 Å². The van der Waals surface area contributed by atoms with Gasteiger partial charge in [0, 0.05) is 30.3 Å². The summed E-state index contributed by atoms with van der Waals surface area (Å²) in [6.45, 7) is 18.8. The fraction of sp³-hybridized carbons (Fsp3) is 0.403. The Hall–Kier alpha value is -8.65. The smallest absolute Gasteiger partial charge is 0.342 e. The van der Waals surface area contributed by atoms with Gasteiger partial charge in [-0.15, -0.1) is 0 Å². The van der Waals surface area contributed by atoms with E-state index in [1.807, 2.05) is 19.9 Å². The molecule has 82 heavy (non-hydrogen) atoms. The average molecular weight is 1130 g/mol. The highest BCUT2D eigenvalue weighted by Crippen LogP contribution is 2.43. The van der Waals surface area contributed by atoms with E-state index < -0.39 is 76.7 Å². The number of esters is 2. The molecule has 20 heteroatoms. The molecular weight excluding hydrogens is 1050 g/mol.